The molecule has 0 aromatic carbocycles. The summed E-state index contributed by atoms with van der Waals surface area (Å²) < 4.78 is 0. The molecule has 1 radical (unpaired) electrons. The molecular formula is C10H19N2S2. The van der Waals surface area contributed by atoms with Crippen molar-refractivity contribution < 1.29 is 0 Å². The van der Waals surface area contributed by atoms with Crippen LogP contribution in [0.5, 0.6) is 0 Å². The maximum absolute atomic E-state index is 5.45. The van der Waals surface area contributed by atoms with Crippen LogP contribution in [0, 0.1) is 0 Å². The molecule has 0 rings (SSSR count). The van der Waals surface area contributed by atoms with Gasteiger partial charge in [-0.25, -0.2) is 0 Å². The molecule has 0 atom stereocenters. The summed E-state index contributed by atoms with van der Waals surface area (Å²) in [4.78, 5) is 4.93. The zero-order valence-corrected chi connectivity index (χ0v) is 11.3. The Balaban J connectivity index is 4.72. The van der Waals surface area contributed by atoms with Crippen LogP contribution in [0.15, 0.2) is 0 Å². The molecule has 14 heavy (non-hydrogen) atoms. The molecule has 0 N–H and O–H groups in total. The van der Waals surface area contributed by atoms with E-state index < -0.39 is 0 Å². The number of hydrogen-bond acceptors (Lipinski definition) is 2. The molecular weight excluding hydrogens is 212 g/mol. The molecule has 0 aliphatic carbocycles. The number of thiocarbonyl (C=S) groups is 2. The fourth-order valence-corrected chi connectivity index (χ4v) is 1.78. The van der Waals surface area contributed by atoms with Crippen molar-refractivity contribution in [2.75, 3.05) is 20.1 Å². The van der Waals surface area contributed by atoms with E-state index in [4.69, 9.17) is 24.4 Å². The fourth-order valence-electron chi connectivity index (χ4n) is 1.16. The van der Waals surface area contributed by atoms with Crippen LogP contribution in [0.2, 0.25) is 0 Å². The Bertz CT molecular complexity index is 210. The lowest BCUT2D eigenvalue weighted by atomic mass is 10.0. The van der Waals surface area contributed by atoms with Crippen molar-refractivity contribution in [3.63, 3.8) is 0 Å². The van der Waals surface area contributed by atoms with Crippen LogP contribution in [0.4, 0.5) is 0 Å². The highest BCUT2D eigenvalue weighted by atomic mass is 32.1. The summed E-state index contributed by atoms with van der Waals surface area (Å²) in [6, 6.07) is 0. The van der Waals surface area contributed by atoms with Gasteiger partial charge in [0.05, 0.1) is 5.54 Å². The largest absolute Gasteiger partial charge is 0.365 e. The third-order valence-corrected chi connectivity index (χ3v) is 3.58. The lowest BCUT2D eigenvalue weighted by Gasteiger charge is -2.39. The quantitative estimate of drug-likeness (QED) is 0.528. The molecule has 81 valence electrons. The first kappa shape index (κ1) is 13.8. The molecule has 0 amide bonds. The molecule has 0 bridgehead atoms. The minimum Gasteiger partial charge on any atom is -0.365 e. The van der Waals surface area contributed by atoms with E-state index in [1.54, 1.807) is 0 Å². The first-order valence-electron chi connectivity index (χ1n) is 4.82. The molecule has 0 unspecified atom stereocenters. The number of nitrogens with zero attached hydrogens (tertiary/aromatic N) is 2. The van der Waals surface area contributed by atoms with Crippen LogP contribution < -0.4 is 0 Å². The third kappa shape index (κ3) is 2.89. The van der Waals surface area contributed by atoms with Gasteiger partial charge in [-0.05, 0) is 27.7 Å². The molecule has 0 saturated carbocycles. The van der Waals surface area contributed by atoms with E-state index in [0.29, 0.717) is 0 Å². The summed E-state index contributed by atoms with van der Waals surface area (Å²) in [5, 5.41) is 0. The predicted octanol–water partition coefficient (Wildman–Crippen LogP) is 2.20. The van der Waals surface area contributed by atoms with Crippen LogP contribution in [0.25, 0.3) is 0 Å². The molecule has 0 saturated heterocycles. The van der Waals surface area contributed by atoms with Crippen LogP contribution in [0.1, 0.15) is 27.7 Å². The van der Waals surface area contributed by atoms with Crippen molar-refractivity contribution in [3.05, 3.63) is 0 Å². The number of likely N-dealkylation sites (N-methyl/N-ethyl adjacent to an activating group) is 2. The van der Waals surface area contributed by atoms with Gasteiger partial charge in [0, 0.05) is 20.1 Å². The van der Waals surface area contributed by atoms with Gasteiger partial charge in [0.25, 0.3) is 0 Å². The van der Waals surface area contributed by atoms with E-state index in [1.807, 2.05) is 11.9 Å². The van der Waals surface area contributed by atoms with Crippen molar-refractivity contribution in [1.29, 1.82) is 0 Å². The Morgan fingerprint density at radius 3 is 2.00 bits per heavy atom. The van der Waals surface area contributed by atoms with E-state index in [0.717, 1.165) is 18.1 Å². The lowest BCUT2D eigenvalue weighted by molar-refractivity contribution is 0.320. The molecule has 0 aliphatic rings. The van der Waals surface area contributed by atoms with Crippen LogP contribution in [0.3, 0.4) is 0 Å². The van der Waals surface area contributed by atoms with E-state index >= 15 is 0 Å². The summed E-state index contributed by atoms with van der Waals surface area (Å²) in [6.07, 6.45) is 0. The van der Waals surface area contributed by atoms with Crippen molar-refractivity contribution in [3.8, 4) is 0 Å². The SMILES string of the molecule is CCN(CC)C(=S)C(C)(C)N(C)[C]=S. The van der Waals surface area contributed by atoms with E-state index in [1.165, 1.54) is 0 Å². The maximum Gasteiger partial charge on any atom is 0.137 e. The second-order valence-corrected chi connectivity index (χ2v) is 4.26. The Kier molecular flexibility index (Phi) is 5.52. The van der Waals surface area contributed by atoms with E-state index in [9.17, 15) is 0 Å². The highest BCUT2D eigenvalue weighted by molar-refractivity contribution is 7.80. The van der Waals surface area contributed by atoms with Crippen molar-refractivity contribution in [1.82, 2.24) is 9.80 Å². The second kappa shape index (κ2) is 5.61. The number of rotatable bonds is 5. The van der Waals surface area contributed by atoms with Gasteiger partial charge in [0.15, 0.2) is 0 Å². The van der Waals surface area contributed by atoms with Gasteiger partial charge >= 0.3 is 0 Å². The van der Waals surface area contributed by atoms with Crippen LogP contribution in [-0.2, 0) is 0 Å². The highest BCUT2D eigenvalue weighted by Gasteiger charge is 2.29. The smallest absolute Gasteiger partial charge is 0.137 e. The Morgan fingerprint density at radius 2 is 1.71 bits per heavy atom. The van der Waals surface area contributed by atoms with Gasteiger partial charge < -0.3 is 9.80 Å². The van der Waals surface area contributed by atoms with E-state index in [2.05, 4.69) is 38.1 Å². The molecule has 0 aromatic rings. The Morgan fingerprint density at radius 1 is 1.29 bits per heavy atom. The molecule has 0 aliphatic heterocycles. The normalized spacial score (nSPS) is 10.9. The van der Waals surface area contributed by atoms with Crippen LogP contribution in [-0.4, -0.2) is 46.0 Å². The van der Waals surface area contributed by atoms with E-state index in [-0.39, 0.29) is 5.54 Å². The standard InChI is InChI=1S/C10H19N2S2/c1-6-12(7-2)9(14)10(3,4)11(5)8-13/h6-7H2,1-5H3. The van der Waals surface area contributed by atoms with Gasteiger partial charge in [-0.2, -0.15) is 0 Å². The van der Waals surface area contributed by atoms with Crippen molar-refractivity contribution >= 4 is 34.9 Å². The van der Waals surface area contributed by atoms with Gasteiger partial charge in [-0.3, -0.25) is 0 Å². The molecule has 0 aromatic heterocycles. The minimum atomic E-state index is -0.233. The predicted molar refractivity (Wildman–Crippen MR) is 70.0 cm³/mol. The third-order valence-electron chi connectivity index (χ3n) is 2.55. The number of hydrogen-bond donors (Lipinski definition) is 0. The average molecular weight is 231 g/mol. The van der Waals surface area contributed by atoms with Crippen molar-refractivity contribution in [2.24, 2.45) is 0 Å². The second-order valence-electron chi connectivity index (χ2n) is 3.69. The first-order chi connectivity index (χ1) is 6.41. The van der Waals surface area contributed by atoms with Gasteiger partial charge in [0.1, 0.15) is 10.5 Å². The summed E-state index contributed by atoms with van der Waals surface area (Å²) in [7, 11) is 1.91. The monoisotopic (exact) mass is 231 g/mol. The van der Waals surface area contributed by atoms with Crippen LogP contribution >= 0.6 is 24.4 Å². The summed E-state index contributed by atoms with van der Waals surface area (Å²) in [5.41, 5.74) is 2.46. The molecule has 0 fully saturated rings. The molecule has 4 heteroatoms. The van der Waals surface area contributed by atoms with Gasteiger partial charge in [0.2, 0.25) is 0 Å². The fraction of sp³-hybridized carbons (Fsp3) is 0.800. The topological polar surface area (TPSA) is 6.48 Å². The van der Waals surface area contributed by atoms with Crippen molar-refractivity contribution in [2.45, 2.75) is 33.2 Å². The van der Waals surface area contributed by atoms with Gasteiger partial charge in [-0.15, -0.1) is 0 Å². The van der Waals surface area contributed by atoms with Gasteiger partial charge in [-0.1, -0.05) is 24.4 Å². The Labute approximate surface area is 98.3 Å². The zero-order valence-electron chi connectivity index (χ0n) is 9.63. The summed E-state index contributed by atoms with van der Waals surface area (Å²) in [5.74, 6) is 0. The molecule has 0 spiro atoms. The maximum atomic E-state index is 5.45. The zero-order chi connectivity index (χ0) is 11.4. The average Bonchev–Trinajstić information content (AvgIpc) is 2.18. The summed E-state index contributed by atoms with van der Waals surface area (Å²) >= 11 is 10.2. The Hall–Kier alpha value is -0.220. The first-order valence-corrected chi connectivity index (χ1v) is 5.64. The minimum absolute atomic E-state index is 0.233. The lowest BCUT2D eigenvalue weighted by Crippen LogP contribution is -2.53. The molecule has 0 heterocycles. The highest BCUT2D eigenvalue weighted by Crippen LogP contribution is 2.16. The summed E-state index contributed by atoms with van der Waals surface area (Å²) in [6.45, 7) is 10.2. The molecule has 2 nitrogen and oxygen atoms in total.